The standard InChI is InChI=1S/C9H14N4O3/c1-13(5-8(10)14)4-7-6(2-3-16-7)9(15)12-11/h2-3H,4-5,11H2,1H3,(H2,10,14)(H,12,15). The Hall–Kier alpha value is -1.86. The Bertz CT molecular complexity index is 388. The van der Waals surface area contributed by atoms with Gasteiger partial charge in [0.1, 0.15) is 5.76 Å². The Morgan fingerprint density at radius 2 is 2.25 bits per heavy atom. The Labute approximate surface area is 92.3 Å². The van der Waals surface area contributed by atoms with E-state index in [9.17, 15) is 9.59 Å². The van der Waals surface area contributed by atoms with E-state index < -0.39 is 11.8 Å². The van der Waals surface area contributed by atoms with Crippen molar-refractivity contribution >= 4 is 11.8 Å². The second-order valence-corrected chi connectivity index (χ2v) is 3.37. The maximum atomic E-state index is 11.3. The molecule has 0 spiro atoms. The fourth-order valence-corrected chi connectivity index (χ4v) is 1.31. The fraction of sp³-hybridized carbons (Fsp3) is 0.333. The Kier molecular flexibility index (Phi) is 4.03. The Morgan fingerprint density at radius 3 is 2.81 bits per heavy atom. The number of carbonyl (C=O) groups is 2. The first-order valence-corrected chi connectivity index (χ1v) is 4.58. The summed E-state index contributed by atoms with van der Waals surface area (Å²) in [5, 5.41) is 0. The zero-order valence-corrected chi connectivity index (χ0v) is 8.90. The van der Waals surface area contributed by atoms with Crippen LogP contribution in [0.2, 0.25) is 0 Å². The van der Waals surface area contributed by atoms with E-state index in [1.807, 2.05) is 5.43 Å². The van der Waals surface area contributed by atoms with E-state index in [-0.39, 0.29) is 6.54 Å². The van der Waals surface area contributed by atoms with E-state index in [2.05, 4.69) is 0 Å². The van der Waals surface area contributed by atoms with Crippen LogP contribution in [0, 0.1) is 0 Å². The van der Waals surface area contributed by atoms with Gasteiger partial charge in [0.05, 0.1) is 24.9 Å². The zero-order valence-electron chi connectivity index (χ0n) is 8.90. The van der Waals surface area contributed by atoms with E-state index in [1.165, 1.54) is 12.3 Å². The number of rotatable bonds is 5. The van der Waals surface area contributed by atoms with Crippen LogP contribution in [-0.2, 0) is 11.3 Å². The molecule has 7 heteroatoms. The molecule has 5 N–H and O–H groups in total. The number of nitrogen functional groups attached to an aromatic ring is 1. The topological polar surface area (TPSA) is 115 Å². The first kappa shape index (κ1) is 12.2. The number of nitrogens with two attached hydrogens (primary N) is 2. The Balaban J connectivity index is 2.70. The van der Waals surface area contributed by atoms with Crippen LogP contribution in [0.4, 0.5) is 0 Å². The largest absolute Gasteiger partial charge is 0.467 e. The van der Waals surface area contributed by atoms with Crippen molar-refractivity contribution in [3.63, 3.8) is 0 Å². The van der Waals surface area contributed by atoms with Crippen molar-refractivity contribution < 1.29 is 14.0 Å². The Morgan fingerprint density at radius 1 is 1.56 bits per heavy atom. The smallest absolute Gasteiger partial charge is 0.268 e. The lowest BCUT2D eigenvalue weighted by molar-refractivity contribution is -0.119. The summed E-state index contributed by atoms with van der Waals surface area (Å²) in [7, 11) is 1.69. The molecule has 0 fully saturated rings. The molecule has 7 nitrogen and oxygen atoms in total. The van der Waals surface area contributed by atoms with E-state index in [4.69, 9.17) is 16.0 Å². The molecule has 1 heterocycles. The van der Waals surface area contributed by atoms with Gasteiger partial charge in [0.15, 0.2) is 0 Å². The lowest BCUT2D eigenvalue weighted by Gasteiger charge is -2.13. The summed E-state index contributed by atoms with van der Waals surface area (Å²) in [6.07, 6.45) is 1.39. The fourth-order valence-electron chi connectivity index (χ4n) is 1.31. The number of hydrogen-bond donors (Lipinski definition) is 3. The molecule has 0 unspecified atom stereocenters. The quantitative estimate of drug-likeness (QED) is 0.331. The van der Waals surface area contributed by atoms with E-state index in [0.29, 0.717) is 17.9 Å². The number of primary amides is 1. The molecule has 0 aromatic carbocycles. The first-order chi connectivity index (χ1) is 7.54. The monoisotopic (exact) mass is 226 g/mol. The molecule has 0 atom stereocenters. The minimum atomic E-state index is -0.445. The molecule has 0 radical (unpaired) electrons. The van der Waals surface area contributed by atoms with Gasteiger partial charge in [0.25, 0.3) is 5.91 Å². The summed E-state index contributed by atoms with van der Waals surface area (Å²) in [5.74, 6) is 4.57. The lowest BCUT2D eigenvalue weighted by atomic mass is 10.2. The normalized spacial score (nSPS) is 10.4. The summed E-state index contributed by atoms with van der Waals surface area (Å²) in [6, 6.07) is 1.51. The van der Waals surface area contributed by atoms with Crippen LogP contribution in [0.25, 0.3) is 0 Å². The number of nitrogens with zero attached hydrogens (tertiary/aromatic N) is 1. The van der Waals surface area contributed by atoms with Gasteiger partial charge in [-0.3, -0.25) is 19.9 Å². The molecule has 88 valence electrons. The highest BCUT2D eigenvalue weighted by atomic mass is 16.3. The predicted octanol–water partition coefficient (Wildman–Crippen LogP) is -1.20. The number of furan rings is 1. The van der Waals surface area contributed by atoms with Gasteiger partial charge in [-0.15, -0.1) is 0 Å². The predicted molar refractivity (Wildman–Crippen MR) is 55.9 cm³/mol. The molecule has 1 aromatic rings. The number of amides is 2. The highest BCUT2D eigenvalue weighted by Crippen LogP contribution is 2.12. The third kappa shape index (κ3) is 3.07. The van der Waals surface area contributed by atoms with E-state index >= 15 is 0 Å². The molecule has 0 saturated carbocycles. The minimum absolute atomic E-state index is 0.0877. The number of likely N-dealkylation sites (N-methyl/N-ethyl adjacent to an activating group) is 1. The van der Waals surface area contributed by atoms with Crippen molar-refractivity contribution in [2.75, 3.05) is 13.6 Å². The van der Waals surface area contributed by atoms with Gasteiger partial charge in [0.2, 0.25) is 5.91 Å². The molecule has 0 aliphatic carbocycles. The highest BCUT2D eigenvalue weighted by molar-refractivity contribution is 5.94. The summed E-state index contributed by atoms with van der Waals surface area (Å²) < 4.78 is 5.13. The average Bonchev–Trinajstić information content (AvgIpc) is 2.63. The summed E-state index contributed by atoms with van der Waals surface area (Å²) in [5.41, 5.74) is 7.39. The second-order valence-electron chi connectivity index (χ2n) is 3.37. The summed E-state index contributed by atoms with van der Waals surface area (Å²) in [6.45, 7) is 0.392. The van der Waals surface area contributed by atoms with Crippen LogP contribution in [0.15, 0.2) is 16.7 Å². The van der Waals surface area contributed by atoms with Crippen LogP contribution in [0.3, 0.4) is 0 Å². The molecule has 0 bridgehead atoms. The molecule has 1 aromatic heterocycles. The van der Waals surface area contributed by atoms with Gasteiger partial charge in [-0.25, -0.2) is 5.84 Å². The van der Waals surface area contributed by atoms with Crippen LogP contribution >= 0.6 is 0 Å². The van der Waals surface area contributed by atoms with Gasteiger partial charge in [0, 0.05) is 0 Å². The summed E-state index contributed by atoms with van der Waals surface area (Å²) >= 11 is 0. The first-order valence-electron chi connectivity index (χ1n) is 4.58. The minimum Gasteiger partial charge on any atom is -0.467 e. The number of hydrogen-bond acceptors (Lipinski definition) is 5. The number of carbonyl (C=O) groups excluding carboxylic acids is 2. The van der Waals surface area contributed by atoms with Crippen molar-refractivity contribution in [2.45, 2.75) is 6.54 Å². The summed E-state index contributed by atoms with van der Waals surface area (Å²) in [4.78, 5) is 23.6. The van der Waals surface area contributed by atoms with Crippen molar-refractivity contribution in [3.05, 3.63) is 23.7 Å². The third-order valence-electron chi connectivity index (χ3n) is 1.96. The number of nitrogens with one attached hydrogen (secondary N) is 1. The van der Waals surface area contributed by atoms with Crippen molar-refractivity contribution in [2.24, 2.45) is 11.6 Å². The second kappa shape index (κ2) is 5.29. The van der Waals surface area contributed by atoms with Crippen molar-refractivity contribution in [1.82, 2.24) is 10.3 Å². The van der Waals surface area contributed by atoms with Crippen LogP contribution in [0.1, 0.15) is 16.1 Å². The maximum absolute atomic E-state index is 11.3. The molecule has 0 saturated heterocycles. The maximum Gasteiger partial charge on any atom is 0.268 e. The van der Waals surface area contributed by atoms with Crippen molar-refractivity contribution in [3.8, 4) is 0 Å². The molecule has 0 aliphatic heterocycles. The lowest BCUT2D eigenvalue weighted by Crippen LogP contribution is -2.32. The van der Waals surface area contributed by atoms with Crippen molar-refractivity contribution in [1.29, 1.82) is 0 Å². The molecule has 2 amide bonds. The SMILES string of the molecule is CN(CC(N)=O)Cc1occc1C(=O)NN. The number of hydrazine groups is 1. The van der Waals surface area contributed by atoms with E-state index in [1.54, 1.807) is 11.9 Å². The van der Waals surface area contributed by atoms with Gasteiger partial charge in [-0.05, 0) is 13.1 Å². The zero-order chi connectivity index (χ0) is 12.1. The molecule has 0 aliphatic rings. The highest BCUT2D eigenvalue weighted by Gasteiger charge is 2.15. The van der Waals surface area contributed by atoms with Crippen LogP contribution in [-0.4, -0.2) is 30.3 Å². The van der Waals surface area contributed by atoms with Crippen LogP contribution < -0.4 is 17.0 Å². The molecule has 1 rings (SSSR count). The molecular formula is C9H14N4O3. The van der Waals surface area contributed by atoms with Gasteiger partial charge in [-0.2, -0.15) is 0 Å². The molecule has 16 heavy (non-hydrogen) atoms. The average molecular weight is 226 g/mol. The van der Waals surface area contributed by atoms with Crippen LogP contribution in [0.5, 0.6) is 0 Å². The molecular weight excluding hydrogens is 212 g/mol. The third-order valence-corrected chi connectivity index (χ3v) is 1.96. The van der Waals surface area contributed by atoms with Gasteiger partial charge < -0.3 is 10.2 Å². The van der Waals surface area contributed by atoms with Gasteiger partial charge >= 0.3 is 0 Å². The van der Waals surface area contributed by atoms with E-state index in [0.717, 1.165) is 0 Å². The van der Waals surface area contributed by atoms with Gasteiger partial charge in [-0.1, -0.05) is 0 Å².